The molecule has 1 aliphatic rings. The molecule has 0 N–H and O–H groups in total. The van der Waals surface area contributed by atoms with E-state index in [2.05, 4.69) is 15.9 Å². The zero-order chi connectivity index (χ0) is 11.4. The fourth-order valence-electron chi connectivity index (χ4n) is 1.44. The smallest absolute Gasteiger partial charge is 0.163 e. The lowest BCUT2D eigenvalue weighted by Crippen LogP contribution is -2.34. The van der Waals surface area contributed by atoms with Gasteiger partial charge in [0, 0.05) is 10.4 Å². The number of carbonyl (C=O) groups excluding carboxylic acids is 2. The van der Waals surface area contributed by atoms with Crippen molar-refractivity contribution in [3.05, 3.63) is 22.7 Å². The predicted molar refractivity (Wildman–Crippen MR) is 60.7 cm³/mol. The van der Waals surface area contributed by atoms with Crippen molar-refractivity contribution in [2.75, 3.05) is 0 Å². The Morgan fingerprint density at radius 1 is 1.60 bits per heavy atom. The number of Topliss-reactive ketones (excluding diaryl/α,β-unsaturated/α-hetero) is 1. The summed E-state index contributed by atoms with van der Waals surface area (Å²) in [6.45, 7) is 3.45. The third kappa shape index (κ3) is 3.11. The molecule has 1 aliphatic heterocycles. The van der Waals surface area contributed by atoms with Crippen molar-refractivity contribution in [3.8, 4) is 0 Å². The Morgan fingerprint density at radius 3 is 2.80 bits per heavy atom. The number of carbonyl (C=O) groups is 2. The Balaban J connectivity index is 2.84. The molecule has 0 aromatic rings. The van der Waals surface area contributed by atoms with E-state index in [0.29, 0.717) is 6.29 Å². The quantitative estimate of drug-likeness (QED) is 0.583. The van der Waals surface area contributed by atoms with E-state index in [1.165, 1.54) is 13.0 Å². The number of ether oxygens (including phenoxy) is 1. The summed E-state index contributed by atoms with van der Waals surface area (Å²) < 4.78 is 6.33. The lowest BCUT2D eigenvalue weighted by Gasteiger charge is -2.29. The Hall–Kier alpha value is -0.740. The van der Waals surface area contributed by atoms with Crippen LogP contribution in [0.3, 0.4) is 0 Å². The van der Waals surface area contributed by atoms with Gasteiger partial charge in [-0.05, 0) is 13.0 Å². The molecule has 0 unspecified atom stereocenters. The van der Waals surface area contributed by atoms with E-state index in [1.807, 2.05) is 13.0 Å². The number of ketones is 1. The molecule has 0 bridgehead atoms. The number of halogens is 1. The largest absolute Gasteiger partial charge is 0.357 e. The number of hydrogen-bond acceptors (Lipinski definition) is 3. The molecule has 1 rings (SSSR count). The molecule has 3 nitrogen and oxygen atoms in total. The van der Waals surface area contributed by atoms with Crippen LogP contribution in [0.4, 0.5) is 0 Å². The second-order valence-electron chi connectivity index (χ2n) is 3.52. The van der Waals surface area contributed by atoms with E-state index in [-0.39, 0.29) is 17.8 Å². The van der Waals surface area contributed by atoms with Crippen LogP contribution in [0.1, 0.15) is 13.8 Å². The topological polar surface area (TPSA) is 43.4 Å². The molecule has 15 heavy (non-hydrogen) atoms. The van der Waals surface area contributed by atoms with Crippen molar-refractivity contribution < 1.29 is 14.3 Å². The number of hydrogen-bond donors (Lipinski definition) is 0. The monoisotopic (exact) mass is 272 g/mol. The maximum absolute atomic E-state index is 11.2. The molecule has 3 atom stereocenters. The molecule has 0 fully saturated rings. The molecule has 0 amide bonds. The summed E-state index contributed by atoms with van der Waals surface area (Å²) in [5.74, 6) is 0.0979. The number of aldehydes is 1. The zero-order valence-electron chi connectivity index (χ0n) is 8.64. The summed E-state index contributed by atoms with van der Waals surface area (Å²) in [5.41, 5.74) is 0. The van der Waals surface area contributed by atoms with Crippen LogP contribution in [0.25, 0.3) is 0 Å². The van der Waals surface area contributed by atoms with E-state index in [1.54, 1.807) is 6.08 Å². The molecular weight excluding hydrogens is 260 g/mol. The Bertz CT molecular complexity index is 320. The van der Waals surface area contributed by atoms with Gasteiger partial charge in [0.2, 0.25) is 0 Å². The van der Waals surface area contributed by atoms with Crippen molar-refractivity contribution in [1.29, 1.82) is 0 Å². The SMILES string of the molecule is CC(=O)[C@H]1O[C@H](/C=C/C=O)[C@H](C)C=C1Br. The van der Waals surface area contributed by atoms with Gasteiger partial charge < -0.3 is 4.74 Å². The van der Waals surface area contributed by atoms with Crippen LogP contribution in [0.5, 0.6) is 0 Å². The van der Waals surface area contributed by atoms with E-state index in [4.69, 9.17) is 4.74 Å². The molecule has 1 heterocycles. The van der Waals surface area contributed by atoms with Crippen molar-refractivity contribution in [2.45, 2.75) is 26.1 Å². The van der Waals surface area contributed by atoms with Crippen molar-refractivity contribution >= 4 is 28.0 Å². The number of rotatable bonds is 3. The Morgan fingerprint density at radius 2 is 2.27 bits per heavy atom. The van der Waals surface area contributed by atoms with Gasteiger partial charge in [-0.1, -0.05) is 35.0 Å². The first-order valence-electron chi connectivity index (χ1n) is 4.71. The molecule has 82 valence electrons. The number of allylic oxidation sites excluding steroid dienone is 1. The average molecular weight is 273 g/mol. The van der Waals surface area contributed by atoms with Crippen LogP contribution in [0, 0.1) is 5.92 Å². The Kier molecular flexibility index (Phi) is 4.42. The average Bonchev–Trinajstić information content (AvgIpc) is 2.16. The summed E-state index contributed by atoms with van der Waals surface area (Å²) in [6, 6.07) is 0. The molecule has 0 spiro atoms. The molecule has 4 heteroatoms. The molecule has 0 aromatic heterocycles. The first-order chi connectivity index (χ1) is 7.06. The minimum Gasteiger partial charge on any atom is -0.357 e. The third-order valence-electron chi connectivity index (χ3n) is 2.23. The van der Waals surface area contributed by atoms with E-state index >= 15 is 0 Å². The maximum Gasteiger partial charge on any atom is 0.163 e. The van der Waals surface area contributed by atoms with Gasteiger partial charge in [0.1, 0.15) is 12.4 Å². The molecule has 0 radical (unpaired) electrons. The molecule has 0 aromatic carbocycles. The van der Waals surface area contributed by atoms with E-state index in [0.717, 1.165) is 4.48 Å². The summed E-state index contributed by atoms with van der Waals surface area (Å²) in [4.78, 5) is 21.4. The summed E-state index contributed by atoms with van der Waals surface area (Å²) in [6.07, 6.45) is 4.95. The predicted octanol–water partition coefficient (Wildman–Crippen LogP) is 2.01. The summed E-state index contributed by atoms with van der Waals surface area (Å²) >= 11 is 3.31. The van der Waals surface area contributed by atoms with E-state index in [9.17, 15) is 9.59 Å². The summed E-state index contributed by atoms with van der Waals surface area (Å²) in [7, 11) is 0. The first kappa shape index (κ1) is 12.3. The second kappa shape index (κ2) is 5.37. The van der Waals surface area contributed by atoms with Gasteiger partial charge in [0.15, 0.2) is 5.78 Å². The van der Waals surface area contributed by atoms with E-state index < -0.39 is 6.10 Å². The highest BCUT2D eigenvalue weighted by Crippen LogP contribution is 2.28. The third-order valence-corrected chi connectivity index (χ3v) is 2.91. The molecule has 0 aliphatic carbocycles. The normalized spacial score (nSPS) is 31.4. The van der Waals surface area contributed by atoms with Crippen molar-refractivity contribution in [3.63, 3.8) is 0 Å². The highest BCUT2D eigenvalue weighted by Gasteiger charge is 2.29. The Labute approximate surface area is 97.3 Å². The van der Waals surface area contributed by atoms with Gasteiger partial charge in [0.25, 0.3) is 0 Å². The van der Waals surface area contributed by atoms with Gasteiger partial charge in [-0.3, -0.25) is 9.59 Å². The molecular formula is C11H13BrO3. The summed E-state index contributed by atoms with van der Waals surface area (Å²) in [5, 5.41) is 0. The molecule has 0 saturated heterocycles. The fourth-order valence-corrected chi connectivity index (χ4v) is 2.29. The highest BCUT2D eigenvalue weighted by atomic mass is 79.9. The van der Waals surface area contributed by atoms with Crippen LogP contribution >= 0.6 is 15.9 Å². The van der Waals surface area contributed by atoms with Crippen LogP contribution in [-0.2, 0) is 14.3 Å². The standard InChI is InChI=1S/C11H13BrO3/c1-7-6-9(12)11(8(2)14)15-10(7)4-3-5-13/h3-7,10-11H,1-2H3/b4-3+/t7-,10-,11-/m1/s1. The second-order valence-corrected chi connectivity index (χ2v) is 4.44. The van der Waals surface area contributed by atoms with Gasteiger partial charge in [-0.2, -0.15) is 0 Å². The van der Waals surface area contributed by atoms with Gasteiger partial charge in [-0.15, -0.1) is 0 Å². The van der Waals surface area contributed by atoms with Crippen molar-refractivity contribution in [1.82, 2.24) is 0 Å². The highest BCUT2D eigenvalue weighted by molar-refractivity contribution is 9.11. The van der Waals surface area contributed by atoms with Crippen LogP contribution in [-0.4, -0.2) is 24.3 Å². The minimum absolute atomic E-state index is 0.0467. The lowest BCUT2D eigenvalue weighted by atomic mass is 9.99. The van der Waals surface area contributed by atoms with Gasteiger partial charge >= 0.3 is 0 Å². The lowest BCUT2D eigenvalue weighted by molar-refractivity contribution is -0.129. The van der Waals surface area contributed by atoms with Gasteiger partial charge in [-0.25, -0.2) is 0 Å². The van der Waals surface area contributed by atoms with Crippen molar-refractivity contribution in [2.24, 2.45) is 5.92 Å². The zero-order valence-corrected chi connectivity index (χ0v) is 10.2. The molecule has 0 saturated carbocycles. The first-order valence-corrected chi connectivity index (χ1v) is 5.50. The van der Waals surface area contributed by atoms with Crippen LogP contribution in [0.2, 0.25) is 0 Å². The van der Waals surface area contributed by atoms with Crippen LogP contribution < -0.4 is 0 Å². The minimum atomic E-state index is -0.539. The van der Waals surface area contributed by atoms with Crippen LogP contribution in [0.15, 0.2) is 22.7 Å². The fraction of sp³-hybridized carbons (Fsp3) is 0.455. The maximum atomic E-state index is 11.2. The van der Waals surface area contributed by atoms with Gasteiger partial charge in [0.05, 0.1) is 6.10 Å².